The molecule has 1 rings (SSSR count). The van der Waals surface area contributed by atoms with Gasteiger partial charge in [-0.05, 0) is 18.1 Å². The maximum absolute atomic E-state index is 12.2. The molecule has 0 heterocycles. The average molecular weight is 262 g/mol. The Balaban J connectivity index is 2.91. The van der Waals surface area contributed by atoms with E-state index in [-0.39, 0.29) is 24.3 Å². The number of para-hydroxylation sites is 1. The number of carbonyl (C=O) groups is 1. The molecule has 0 aliphatic carbocycles. The van der Waals surface area contributed by atoms with Gasteiger partial charge in [-0.1, -0.05) is 18.2 Å². The summed E-state index contributed by atoms with van der Waals surface area (Å²) in [4.78, 5) is 11.0. The minimum atomic E-state index is -4.78. The van der Waals surface area contributed by atoms with Crippen molar-refractivity contribution in [2.75, 3.05) is 6.54 Å². The lowest BCUT2D eigenvalue weighted by Crippen LogP contribution is -2.31. The van der Waals surface area contributed by atoms with Crippen molar-refractivity contribution in [3.8, 4) is 5.75 Å². The van der Waals surface area contributed by atoms with Gasteiger partial charge in [-0.25, -0.2) is 0 Å². The first-order valence-corrected chi connectivity index (χ1v) is 5.16. The zero-order valence-electron chi connectivity index (χ0n) is 9.41. The van der Waals surface area contributed by atoms with Crippen molar-refractivity contribution in [3.05, 3.63) is 29.8 Å². The second kappa shape index (κ2) is 5.72. The molecule has 0 saturated carbocycles. The number of carbonyl (C=O) groups excluding carboxylic acids is 1. The number of benzene rings is 1. The third kappa shape index (κ3) is 4.25. The van der Waals surface area contributed by atoms with Gasteiger partial charge < -0.3 is 16.2 Å². The Hall–Kier alpha value is -1.76. The number of hydrogen-bond acceptors (Lipinski definition) is 3. The van der Waals surface area contributed by atoms with Crippen LogP contribution in [0.5, 0.6) is 5.75 Å². The molecule has 1 amide bonds. The van der Waals surface area contributed by atoms with Gasteiger partial charge in [-0.2, -0.15) is 0 Å². The minimum Gasteiger partial charge on any atom is -0.406 e. The Morgan fingerprint density at radius 3 is 2.44 bits per heavy atom. The van der Waals surface area contributed by atoms with Crippen molar-refractivity contribution < 1.29 is 22.7 Å². The summed E-state index contributed by atoms with van der Waals surface area (Å²) in [6.45, 7) is -0.0321. The summed E-state index contributed by atoms with van der Waals surface area (Å²) in [5.41, 5.74) is 10.7. The molecule has 1 unspecified atom stereocenters. The van der Waals surface area contributed by atoms with Crippen LogP contribution in [0.4, 0.5) is 13.2 Å². The third-order valence-corrected chi connectivity index (χ3v) is 2.35. The van der Waals surface area contributed by atoms with Gasteiger partial charge in [0, 0.05) is 6.54 Å². The first kappa shape index (κ1) is 14.3. The van der Waals surface area contributed by atoms with Crippen molar-refractivity contribution in [2.45, 2.75) is 12.8 Å². The molecule has 0 aliphatic heterocycles. The van der Waals surface area contributed by atoms with Crippen LogP contribution in [0.1, 0.15) is 5.56 Å². The summed E-state index contributed by atoms with van der Waals surface area (Å²) >= 11 is 0. The van der Waals surface area contributed by atoms with Crippen LogP contribution in [0, 0.1) is 5.92 Å². The molecule has 0 aromatic heterocycles. The van der Waals surface area contributed by atoms with Crippen LogP contribution >= 0.6 is 0 Å². The number of nitrogens with two attached hydrogens (primary N) is 2. The van der Waals surface area contributed by atoms with Crippen LogP contribution in [-0.2, 0) is 11.2 Å². The largest absolute Gasteiger partial charge is 0.573 e. The number of halogens is 3. The van der Waals surface area contributed by atoms with E-state index in [0.717, 1.165) is 0 Å². The molecule has 0 spiro atoms. The lowest BCUT2D eigenvalue weighted by atomic mass is 9.98. The second-order valence-electron chi connectivity index (χ2n) is 3.69. The van der Waals surface area contributed by atoms with Crippen LogP contribution in [0.25, 0.3) is 0 Å². The van der Waals surface area contributed by atoms with Crippen LogP contribution in [0.2, 0.25) is 0 Å². The highest BCUT2D eigenvalue weighted by Crippen LogP contribution is 2.27. The van der Waals surface area contributed by atoms with Crippen molar-refractivity contribution in [1.82, 2.24) is 0 Å². The van der Waals surface area contributed by atoms with Gasteiger partial charge in [-0.15, -0.1) is 13.2 Å². The molecule has 0 fully saturated rings. The van der Waals surface area contributed by atoms with E-state index >= 15 is 0 Å². The van der Waals surface area contributed by atoms with E-state index in [2.05, 4.69) is 4.74 Å². The smallest absolute Gasteiger partial charge is 0.406 e. The molecule has 1 aromatic rings. The van der Waals surface area contributed by atoms with E-state index in [0.29, 0.717) is 0 Å². The van der Waals surface area contributed by atoms with Crippen molar-refractivity contribution in [3.63, 3.8) is 0 Å². The summed E-state index contributed by atoms with van der Waals surface area (Å²) < 4.78 is 40.3. The fourth-order valence-electron chi connectivity index (χ4n) is 1.46. The third-order valence-electron chi connectivity index (χ3n) is 2.35. The molecule has 0 saturated heterocycles. The predicted octanol–water partition coefficient (Wildman–Crippen LogP) is 1.19. The Kier molecular flexibility index (Phi) is 4.55. The maximum atomic E-state index is 12.2. The molecule has 18 heavy (non-hydrogen) atoms. The number of rotatable bonds is 5. The van der Waals surface area contributed by atoms with Crippen LogP contribution in [-0.4, -0.2) is 18.8 Å². The molecule has 1 aromatic carbocycles. The van der Waals surface area contributed by atoms with Crippen LogP contribution in [0.15, 0.2) is 24.3 Å². The SMILES string of the molecule is NCC(Cc1ccccc1OC(F)(F)F)C(N)=O. The lowest BCUT2D eigenvalue weighted by Gasteiger charge is -2.15. The fourth-order valence-corrected chi connectivity index (χ4v) is 1.46. The van der Waals surface area contributed by atoms with E-state index in [1.165, 1.54) is 18.2 Å². The number of primary amides is 1. The Morgan fingerprint density at radius 1 is 1.33 bits per heavy atom. The van der Waals surface area contributed by atoms with Gasteiger partial charge in [0.1, 0.15) is 5.75 Å². The highest BCUT2D eigenvalue weighted by Gasteiger charge is 2.32. The molecule has 0 bridgehead atoms. The zero-order valence-corrected chi connectivity index (χ0v) is 9.41. The topological polar surface area (TPSA) is 78.3 Å². The van der Waals surface area contributed by atoms with Gasteiger partial charge in [0.05, 0.1) is 5.92 Å². The van der Waals surface area contributed by atoms with E-state index in [4.69, 9.17) is 11.5 Å². The van der Waals surface area contributed by atoms with Gasteiger partial charge in [0.25, 0.3) is 0 Å². The monoisotopic (exact) mass is 262 g/mol. The van der Waals surface area contributed by atoms with E-state index in [9.17, 15) is 18.0 Å². The summed E-state index contributed by atoms with van der Waals surface area (Å²) in [6, 6.07) is 5.57. The molecule has 0 radical (unpaired) electrons. The van der Waals surface area contributed by atoms with Gasteiger partial charge in [0.2, 0.25) is 5.91 Å². The number of alkyl halides is 3. The number of ether oxygens (including phenoxy) is 1. The molecular formula is C11H13F3N2O2. The van der Waals surface area contributed by atoms with Crippen molar-refractivity contribution >= 4 is 5.91 Å². The Bertz CT molecular complexity index is 421. The summed E-state index contributed by atoms with van der Waals surface area (Å²) in [6.07, 6.45) is -4.76. The second-order valence-corrected chi connectivity index (χ2v) is 3.69. The Morgan fingerprint density at radius 2 is 1.94 bits per heavy atom. The lowest BCUT2D eigenvalue weighted by molar-refractivity contribution is -0.274. The molecule has 100 valence electrons. The summed E-state index contributed by atoms with van der Waals surface area (Å²) in [5, 5.41) is 0. The zero-order chi connectivity index (χ0) is 13.8. The first-order chi connectivity index (χ1) is 8.33. The van der Waals surface area contributed by atoms with Crippen LogP contribution < -0.4 is 16.2 Å². The van der Waals surface area contributed by atoms with Crippen LogP contribution in [0.3, 0.4) is 0 Å². The first-order valence-electron chi connectivity index (χ1n) is 5.16. The number of hydrogen-bond donors (Lipinski definition) is 2. The molecular weight excluding hydrogens is 249 g/mol. The standard InChI is InChI=1S/C11H13F3N2O2/c12-11(13,14)18-9-4-2-1-3-7(9)5-8(6-15)10(16)17/h1-4,8H,5-6,15H2,(H2,16,17). The average Bonchev–Trinajstić information content (AvgIpc) is 2.25. The highest BCUT2D eigenvalue weighted by atomic mass is 19.4. The fraction of sp³-hybridized carbons (Fsp3) is 0.364. The van der Waals surface area contributed by atoms with Crippen molar-refractivity contribution in [2.24, 2.45) is 17.4 Å². The predicted molar refractivity (Wildman–Crippen MR) is 58.6 cm³/mol. The molecule has 0 aliphatic rings. The van der Waals surface area contributed by atoms with Gasteiger partial charge >= 0.3 is 6.36 Å². The quantitative estimate of drug-likeness (QED) is 0.836. The molecule has 1 atom stereocenters. The van der Waals surface area contributed by atoms with E-state index in [1.807, 2.05) is 0 Å². The molecule has 4 nitrogen and oxygen atoms in total. The number of amides is 1. The molecule has 7 heteroatoms. The highest BCUT2D eigenvalue weighted by molar-refractivity contribution is 5.77. The van der Waals surface area contributed by atoms with Crippen molar-refractivity contribution in [1.29, 1.82) is 0 Å². The van der Waals surface area contributed by atoms with E-state index < -0.39 is 18.2 Å². The van der Waals surface area contributed by atoms with Gasteiger partial charge in [0.15, 0.2) is 0 Å². The Labute approximate surface area is 102 Å². The summed E-state index contributed by atoms with van der Waals surface area (Å²) in [7, 11) is 0. The van der Waals surface area contributed by atoms with Gasteiger partial charge in [-0.3, -0.25) is 4.79 Å². The van der Waals surface area contributed by atoms with E-state index in [1.54, 1.807) is 6.07 Å². The maximum Gasteiger partial charge on any atom is 0.573 e. The minimum absolute atomic E-state index is 0.0120. The summed E-state index contributed by atoms with van der Waals surface area (Å²) in [5.74, 6) is -1.72. The molecule has 4 N–H and O–H groups in total. The normalized spacial score (nSPS) is 13.1.